The highest BCUT2D eigenvalue weighted by Crippen LogP contribution is 2.42. The van der Waals surface area contributed by atoms with Crippen molar-refractivity contribution in [2.75, 3.05) is 19.6 Å². The number of hydrogen-bond donors (Lipinski definition) is 0. The molecule has 51 heavy (non-hydrogen) atoms. The van der Waals surface area contributed by atoms with Crippen LogP contribution in [0.2, 0.25) is 10.0 Å². The SMILES string of the molecule is CC(C)N1CCCC1c1cc(F)cc(Cl)c1.CC(C)N1CCCC1c1cc(F)ccc1C(F)(F)F.CC(C)N1CCCC1c1cc(F)ccc1Cl. The number of benzene rings is 3. The molecule has 0 spiro atoms. The molecule has 3 aromatic rings. The van der Waals surface area contributed by atoms with E-state index < -0.39 is 17.6 Å². The quantitative estimate of drug-likeness (QED) is 0.232. The molecule has 11 heteroatoms. The third kappa shape index (κ3) is 10.9. The van der Waals surface area contributed by atoms with Crippen LogP contribution in [0.5, 0.6) is 0 Å². The van der Waals surface area contributed by atoms with Gasteiger partial charge in [0.15, 0.2) is 0 Å². The van der Waals surface area contributed by atoms with Crippen LogP contribution < -0.4 is 0 Å². The average Bonchev–Trinajstić information content (AvgIpc) is 3.83. The normalized spacial score (nSPS) is 21.7. The van der Waals surface area contributed by atoms with E-state index >= 15 is 0 Å². The van der Waals surface area contributed by atoms with E-state index in [4.69, 9.17) is 23.2 Å². The lowest BCUT2D eigenvalue weighted by Crippen LogP contribution is -2.31. The first-order valence-corrected chi connectivity index (χ1v) is 18.8. The molecular weight excluding hydrogens is 707 g/mol. The zero-order valence-corrected chi connectivity index (χ0v) is 31.9. The smallest absolute Gasteiger partial charge is 0.294 e. The van der Waals surface area contributed by atoms with Gasteiger partial charge in [-0.15, -0.1) is 0 Å². The van der Waals surface area contributed by atoms with Crippen molar-refractivity contribution >= 4 is 23.2 Å². The highest BCUT2D eigenvalue weighted by molar-refractivity contribution is 6.31. The Morgan fingerprint density at radius 1 is 0.569 bits per heavy atom. The lowest BCUT2D eigenvalue weighted by molar-refractivity contribution is -0.138. The maximum Gasteiger partial charge on any atom is 0.416 e. The van der Waals surface area contributed by atoms with Gasteiger partial charge in [-0.05, 0) is 171 Å². The second-order valence-electron chi connectivity index (χ2n) is 14.6. The summed E-state index contributed by atoms with van der Waals surface area (Å²) >= 11 is 12.1. The molecule has 0 amide bonds. The van der Waals surface area contributed by atoms with Gasteiger partial charge in [-0.3, -0.25) is 14.7 Å². The van der Waals surface area contributed by atoms with Crippen molar-refractivity contribution in [3.8, 4) is 0 Å². The number of likely N-dealkylation sites (tertiary alicyclic amines) is 3. The molecule has 3 aliphatic rings. The number of halogens is 8. The Hall–Kier alpha value is -2.30. The topological polar surface area (TPSA) is 9.72 Å². The second kappa shape index (κ2) is 18.2. The molecule has 282 valence electrons. The molecule has 0 radical (unpaired) electrons. The molecule has 0 aromatic heterocycles. The van der Waals surface area contributed by atoms with Crippen LogP contribution in [0.15, 0.2) is 54.6 Å². The standard InChI is InChI=1S/C14H17F4N.2C13H17ClFN/c1-9(2)19-7-3-4-13(19)11-8-10(15)5-6-12(11)14(16,17)18;1-9(2)16-7-3-4-13(16)11-8-10(15)5-6-12(11)14;1-9(2)16-5-3-4-13(16)10-6-11(14)8-12(15)7-10/h5-6,8-9,13H,3-4,7H2,1-2H3;5-6,8-9,13H,3-4,7H2,1-2H3;6-9,13H,3-5H2,1-2H3. The fourth-order valence-electron chi connectivity index (χ4n) is 7.85. The van der Waals surface area contributed by atoms with Crippen LogP contribution in [0, 0.1) is 17.5 Å². The van der Waals surface area contributed by atoms with Crippen LogP contribution in [0.1, 0.15) is 120 Å². The number of alkyl halides is 3. The summed E-state index contributed by atoms with van der Waals surface area (Å²) in [7, 11) is 0. The highest BCUT2D eigenvalue weighted by Gasteiger charge is 2.39. The molecule has 3 unspecified atom stereocenters. The monoisotopic (exact) mass is 757 g/mol. The Labute approximate surface area is 309 Å². The molecule has 6 rings (SSSR count). The Morgan fingerprint density at radius 3 is 1.51 bits per heavy atom. The second-order valence-corrected chi connectivity index (χ2v) is 15.4. The van der Waals surface area contributed by atoms with Gasteiger partial charge in [-0.2, -0.15) is 13.2 Å². The first kappa shape index (κ1) is 41.5. The van der Waals surface area contributed by atoms with Crippen LogP contribution in [0.4, 0.5) is 26.3 Å². The van der Waals surface area contributed by atoms with E-state index in [2.05, 4.69) is 37.5 Å². The average molecular weight is 759 g/mol. The van der Waals surface area contributed by atoms with E-state index in [9.17, 15) is 26.3 Å². The van der Waals surface area contributed by atoms with Gasteiger partial charge in [-0.25, -0.2) is 13.2 Å². The van der Waals surface area contributed by atoms with E-state index in [1.165, 1.54) is 18.6 Å². The minimum absolute atomic E-state index is 0.0682. The zero-order chi connectivity index (χ0) is 37.6. The molecule has 0 bridgehead atoms. The third-order valence-electron chi connectivity index (χ3n) is 10.1. The fraction of sp³-hybridized carbons (Fsp3) is 0.550. The number of rotatable bonds is 6. The van der Waals surface area contributed by atoms with E-state index in [0.717, 1.165) is 74.6 Å². The summed E-state index contributed by atoms with van der Waals surface area (Å²) in [6, 6.07) is 13.7. The fourth-order valence-corrected chi connectivity index (χ4v) is 8.33. The van der Waals surface area contributed by atoms with Gasteiger partial charge in [0.05, 0.1) is 5.56 Å². The van der Waals surface area contributed by atoms with Crippen molar-refractivity contribution < 1.29 is 26.3 Å². The Bertz CT molecular complexity index is 1560. The molecule has 3 nitrogen and oxygen atoms in total. The molecular formula is C40H51Cl2F6N3. The summed E-state index contributed by atoms with van der Waals surface area (Å²) in [6.45, 7) is 15.5. The maximum atomic E-state index is 13.3. The van der Waals surface area contributed by atoms with Crippen LogP contribution >= 0.6 is 23.2 Å². The molecule has 3 atom stereocenters. The predicted octanol–water partition coefficient (Wildman–Crippen LogP) is 12.4. The largest absolute Gasteiger partial charge is 0.416 e. The predicted molar refractivity (Wildman–Crippen MR) is 196 cm³/mol. The van der Waals surface area contributed by atoms with Crippen molar-refractivity contribution in [3.63, 3.8) is 0 Å². The van der Waals surface area contributed by atoms with Crippen LogP contribution in [-0.2, 0) is 6.18 Å². The molecule has 0 aliphatic carbocycles. The summed E-state index contributed by atoms with van der Waals surface area (Å²) in [6.07, 6.45) is 1.56. The number of nitrogens with zero attached hydrogens (tertiary/aromatic N) is 3. The lowest BCUT2D eigenvalue weighted by atomic mass is 9.97. The van der Waals surface area contributed by atoms with E-state index in [1.54, 1.807) is 18.2 Å². The third-order valence-corrected chi connectivity index (χ3v) is 10.7. The van der Waals surface area contributed by atoms with Gasteiger partial charge in [0.2, 0.25) is 0 Å². The Kier molecular flexibility index (Phi) is 14.8. The van der Waals surface area contributed by atoms with Gasteiger partial charge in [0.25, 0.3) is 0 Å². The Balaban J connectivity index is 0.000000172. The first-order valence-electron chi connectivity index (χ1n) is 18.0. The van der Waals surface area contributed by atoms with Crippen molar-refractivity contribution in [1.82, 2.24) is 14.7 Å². The molecule has 3 saturated heterocycles. The van der Waals surface area contributed by atoms with Crippen LogP contribution in [0.3, 0.4) is 0 Å². The summed E-state index contributed by atoms with van der Waals surface area (Å²) in [4.78, 5) is 6.80. The summed E-state index contributed by atoms with van der Waals surface area (Å²) in [5.74, 6) is -1.05. The minimum atomic E-state index is -4.44. The van der Waals surface area contributed by atoms with Crippen molar-refractivity contribution in [2.45, 2.75) is 122 Å². The van der Waals surface area contributed by atoms with Crippen molar-refractivity contribution in [3.05, 3.63) is 104 Å². The van der Waals surface area contributed by atoms with E-state index in [0.29, 0.717) is 34.6 Å². The molecule has 0 N–H and O–H groups in total. The van der Waals surface area contributed by atoms with Crippen molar-refractivity contribution in [2.24, 2.45) is 0 Å². The van der Waals surface area contributed by atoms with Gasteiger partial charge >= 0.3 is 6.18 Å². The van der Waals surface area contributed by atoms with Crippen LogP contribution in [-0.4, -0.2) is 52.5 Å². The Morgan fingerprint density at radius 2 is 1.02 bits per heavy atom. The highest BCUT2D eigenvalue weighted by atomic mass is 35.5. The van der Waals surface area contributed by atoms with Gasteiger partial charge in [0.1, 0.15) is 17.5 Å². The van der Waals surface area contributed by atoms with E-state index in [1.807, 2.05) is 24.8 Å². The molecule has 3 fully saturated rings. The zero-order valence-electron chi connectivity index (χ0n) is 30.4. The lowest BCUT2D eigenvalue weighted by Gasteiger charge is -2.30. The minimum Gasteiger partial charge on any atom is -0.294 e. The molecule has 0 saturated carbocycles. The van der Waals surface area contributed by atoms with E-state index in [-0.39, 0.29) is 35.3 Å². The van der Waals surface area contributed by atoms with Crippen molar-refractivity contribution in [1.29, 1.82) is 0 Å². The summed E-state index contributed by atoms with van der Waals surface area (Å²) in [5.41, 5.74) is 1.30. The van der Waals surface area contributed by atoms with Gasteiger partial charge in [-0.1, -0.05) is 23.2 Å². The first-order chi connectivity index (χ1) is 24.0. The van der Waals surface area contributed by atoms with Gasteiger partial charge in [0, 0.05) is 46.3 Å². The molecule has 3 aliphatic heterocycles. The number of hydrogen-bond acceptors (Lipinski definition) is 3. The van der Waals surface area contributed by atoms with Crippen LogP contribution in [0.25, 0.3) is 0 Å². The molecule has 3 heterocycles. The summed E-state index contributed by atoms with van der Waals surface area (Å²) in [5, 5.41) is 1.17. The maximum absolute atomic E-state index is 13.3. The molecule has 3 aromatic carbocycles. The van der Waals surface area contributed by atoms with Gasteiger partial charge < -0.3 is 0 Å². The summed E-state index contributed by atoms with van der Waals surface area (Å²) < 4.78 is 79.0.